The molecule has 8 N–H and O–H groups in total. The zero-order valence-electron chi connectivity index (χ0n) is 16.8. The molecule has 170 valence electrons. The maximum absolute atomic E-state index is 13.1. The van der Waals surface area contributed by atoms with Gasteiger partial charge in [-0.2, -0.15) is 0 Å². The number of rotatable bonds is 13. The summed E-state index contributed by atoms with van der Waals surface area (Å²) in [6.07, 6.45) is 2.08. The van der Waals surface area contributed by atoms with Crippen LogP contribution < -0.4 is 22.1 Å². The van der Waals surface area contributed by atoms with Crippen LogP contribution in [0, 0.1) is 0 Å². The third-order valence-corrected chi connectivity index (χ3v) is 4.82. The molecule has 1 saturated heterocycles. The molecule has 1 fully saturated rings. The van der Waals surface area contributed by atoms with E-state index in [0.717, 1.165) is 0 Å². The van der Waals surface area contributed by atoms with E-state index in [9.17, 15) is 24.0 Å². The van der Waals surface area contributed by atoms with Crippen molar-refractivity contribution in [3.63, 3.8) is 0 Å². The number of carbonyl (C=O) groups excluding carboxylic acids is 3. The van der Waals surface area contributed by atoms with Crippen LogP contribution in [-0.2, 0) is 24.0 Å². The molecule has 30 heavy (non-hydrogen) atoms. The maximum Gasteiger partial charge on any atom is 0.322 e. The Balaban J connectivity index is 2.82. The molecule has 0 radical (unpaired) electrons. The molecule has 1 aliphatic heterocycles. The van der Waals surface area contributed by atoms with E-state index < -0.39 is 54.3 Å². The standard InChI is InChI=1S/C18H31N5O7/c19-8-2-1-4-12(22-16(28)11(20)6-7-14(24)25)18(30)23-9-3-5-13(23)17(29)21-10-15(26)27/h11-13H,1-10,19-20H2,(H,21,29)(H,22,28)(H,24,25)(H,26,27). The number of carboxylic acids is 2. The van der Waals surface area contributed by atoms with Crippen LogP contribution in [0.2, 0.25) is 0 Å². The number of amides is 3. The SMILES string of the molecule is NCCCCC(NC(=O)C(N)CCC(=O)O)C(=O)N1CCCC1C(=O)NCC(=O)O. The number of carboxylic acid groups (broad SMARTS) is 2. The van der Waals surface area contributed by atoms with Crippen LogP contribution in [-0.4, -0.2) is 82.5 Å². The van der Waals surface area contributed by atoms with Gasteiger partial charge in [-0.1, -0.05) is 0 Å². The summed E-state index contributed by atoms with van der Waals surface area (Å²) in [4.78, 5) is 60.4. The van der Waals surface area contributed by atoms with E-state index in [0.29, 0.717) is 38.8 Å². The predicted molar refractivity (Wildman–Crippen MR) is 105 cm³/mol. The summed E-state index contributed by atoms with van der Waals surface area (Å²) in [5.41, 5.74) is 11.2. The number of hydrogen-bond acceptors (Lipinski definition) is 7. The van der Waals surface area contributed by atoms with E-state index in [1.54, 1.807) is 0 Å². The average Bonchev–Trinajstić information content (AvgIpc) is 3.18. The van der Waals surface area contributed by atoms with Crippen LogP contribution in [0.25, 0.3) is 0 Å². The third-order valence-electron chi connectivity index (χ3n) is 4.82. The van der Waals surface area contributed by atoms with Gasteiger partial charge in [0.1, 0.15) is 18.6 Å². The molecule has 12 nitrogen and oxygen atoms in total. The lowest BCUT2D eigenvalue weighted by Crippen LogP contribution is -2.55. The fourth-order valence-corrected chi connectivity index (χ4v) is 3.22. The zero-order chi connectivity index (χ0) is 22.7. The second-order valence-corrected chi connectivity index (χ2v) is 7.19. The van der Waals surface area contributed by atoms with Crippen LogP contribution in [0.1, 0.15) is 44.9 Å². The Labute approximate surface area is 174 Å². The van der Waals surface area contributed by atoms with Gasteiger partial charge >= 0.3 is 11.9 Å². The summed E-state index contributed by atoms with van der Waals surface area (Å²) in [5.74, 6) is -3.94. The molecule has 3 atom stereocenters. The number of hydrogen-bond donors (Lipinski definition) is 6. The lowest BCUT2D eigenvalue weighted by atomic mass is 10.1. The van der Waals surface area contributed by atoms with Gasteiger partial charge in [0.2, 0.25) is 17.7 Å². The molecule has 0 saturated carbocycles. The number of nitrogens with zero attached hydrogens (tertiary/aromatic N) is 1. The van der Waals surface area contributed by atoms with Gasteiger partial charge in [-0.05, 0) is 45.1 Å². The van der Waals surface area contributed by atoms with Gasteiger partial charge < -0.3 is 37.2 Å². The summed E-state index contributed by atoms with van der Waals surface area (Å²) in [6, 6.07) is -2.83. The van der Waals surface area contributed by atoms with Gasteiger partial charge in [-0.15, -0.1) is 0 Å². The monoisotopic (exact) mass is 429 g/mol. The minimum Gasteiger partial charge on any atom is -0.481 e. The highest BCUT2D eigenvalue weighted by atomic mass is 16.4. The van der Waals surface area contributed by atoms with Crippen LogP contribution in [0.15, 0.2) is 0 Å². The Morgan fingerprint density at radius 3 is 2.37 bits per heavy atom. The van der Waals surface area contributed by atoms with E-state index >= 15 is 0 Å². The first-order valence-electron chi connectivity index (χ1n) is 9.95. The van der Waals surface area contributed by atoms with Gasteiger partial charge in [-0.3, -0.25) is 24.0 Å². The smallest absolute Gasteiger partial charge is 0.322 e. The number of unbranched alkanes of at least 4 members (excludes halogenated alkanes) is 1. The molecule has 0 aromatic rings. The van der Waals surface area contributed by atoms with Gasteiger partial charge in [0.25, 0.3) is 0 Å². The lowest BCUT2D eigenvalue weighted by molar-refractivity contribution is -0.143. The van der Waals surface area contributed by atoms with Gasteiger partial charge in [-0.25, -0.2) is 0 Å². The van der Waals surface area contributed by atoms with E-state index in [4.69, 9.17) is 21.7 Å². The van der Waals surface area contributed by atoms with Gasteiger partial charge in [0.15, 0.2) is 0 Å². The summed E-state index contributed by atoms with van der Waals surface area (Å²) in [7, 11) is 0. The molecule has 1 heterocycles. The summed E-state index contributed by atoms with van der Waals surface area (Å²) in [6.45, 7) is 0.168. The fraction of sp³-hybridized carbons (Fsp3) is 0.722. The Morgan fingerprint density at radius 2 is 1.77 bits per heavy atom. The Hall–Kier alpha value is -2.73. The third kappa shape index (κ3) is 8.33. The van der Waals surface area contributed by atoms with Crippen molar-refractivity contribution >= 4 is 29.7 Å². The first-order chi connectivity index (χ1) is 14.2. The number of nitrogens with two attached hydrogens (primary N) is 2. The first kappa shape index (κ1) is 25.3. The van der Waals surface area contributed by atoms with E-state index in [1.165, 1.54) is 4.90 Å². The Morgan fingerprint density at radius 1 is 1.07 bits per heavy atom. The largest absolute Gasteiger partial charge is 0.481 e. The molecule has 0 spiro atoms. The highest BCUT2D eigenvalue weighted by Crippen LogP contribution is 2.20. The van der Waals surface area contributed by atoms with Crippen LogP contribution in [0.4, 0.5) is 0 Å². The van der Waals surface area contributed by atoms with Crippen molar-refractivity contribution in [2.45, 2.75) is 63.1 Å². The molecule has 0 aliphatic carbocycles. The summed E-state index contributed by atoms with van der Waals surface area (Å²) in [5, 5.41) is 22.3. The average molecular weight is 429 g/mol. The molecule has 12 heteroatoms. The van der Waals surface area contributed by atoms with Crippen molar-refractivity contribution in [2.24, 2.45) is 11.5 Å². The molecule has 0 bridgehead atoms. The molecule has 0 aromatic carbocycles. The first-order valence-corrected chi connectivity index (χ1v) is 9.95. The van der Waals surface area contributed by atoms with Crippen molar-refractivity contribution in [1.82, 2.24) is 15.5 Å². The highest BCUT2D eigenvalue weighted by molar-refractivity contribution is 5.94. The predicted octanol–water partition coefficient (Wildman–Crippen LogP) is -2.02. The summed E-state index contributed by atoms with van der Waals surface area (Å²) < 4.78 is 0. The lowest BCUT2D eigenvalue weighted by Gasteiger charge is -2.29. The molecular formula is C18H31N5O7. The number of nitrogens with one attached hydrogen (secondary N) is 2. The zero-order valence-corrected chi connectivity index (χ0v) is 16.8. The molecule has 3 unspecified atom stereocenters. The van der Waals surface area contributed by atoms with Crippen LogP contribution in [0.5, 0.6) is 0 Å². The number of aliphatic carboxylic acids is 2. The molecular weight excluding hydrogens is 398 g/mol. The number of carbonyl (C=O) groups is 5. The van der Waals surface area contributed by atoms with Gasteiger partial charge in [0.05, 0.1) is 6.04 Å². The minimum atomic E-state index is -1.19. The van der Waals surface area contributed by atoms with Crippen LogP contribution in [0.3, 0.4) is 0 Å². The molecule has 1 aliphatic rings. The van der Waals surface area contributed by atoms with Crippen LogP contribution >= 0.6 is 0 Å². The van der Waals surface area contributed by atoms with E-state index in [-0.39, 0.29) is 19.3 Å². The minimum absolute atomic E-state index is 0.0746. The van der Waals surface area contributed by atoms with E-state index in [1.807, 2.05) is 0 Å². The quantitative estimate of drug-likeness (QED) is 0.178. The summed E-state index contributed by atoms with van der Waals surface area (Å²) >= 11 is 0. The fourth-order valence-electron chi connectivity index (χ4n) is 3.22. The molecule has 1 rings (SSSR count). The van der Waals surface area contributed by atoms with Crippen molar-refractivity contribution in [1.29, 1.82) is 0 Å². The Bertz CT molecular complexity index is 642. The van der Waals surface area contributed by atoms with Crippen molar-refractivity contribution in [2.75, 3.05) is 19.6 Å². The topological polar surface area (TPSA) is 205 Å². The maximum atomic E-state index is 13.1. The second kappa shape index (κ2) is 12.8. The second-order valence-electron chi connectivity index (χ2n) is 7.19. The Kier molecular flexibility index (Phi) is 10.8. The van der Waals surface area contributed by atoms with Gasteiger partial charge in [0, 0.05) is 13.0 Å². The normalized spacial score (nSPS) is 17.8. The molecule has 0 aromatic heterocycles. The number of likely N-dealkylation sites (tertiary alicyclic amines) is 1. The van der Waals surface area contributed by atoms with Crippen molar-refractivity contribution in [3.05, 3.63) is 0 Å². The van der Waals surface area contributed by atoms with Crippen molar-refractivity contribution in [3.8, 4) is 0 Å². The highest BCUT2D eigenvalue weighted by Gasteiger charge is 2.37. The van der Waals surface area contributed by atoms with E-state index in [2.05, 4.69) is 10.6 Å². The molecule has 3 amide bonds. The van der Waals surface area contributed by atoms with Crippen molar-refractivity contribution < 1.29 is 34.2 Å².